The number of allylic oxidation sites excluding steroid dienone is 11. The Hall–Kier alpha value is -6.65. The summed E-state index contributed by atoms with van der Waals surface area (Å²) in [6.45, 7) is 11.6. The van der Waals surface area contributed by atoms with E-state index in [-0.39, 0.29) is 18.0 Å². The van der Waals surface area contributed by atoms with Crippen LogP contribution in [-0.2, 0) is 0 Å². The molecule has 0 saturated heterocycles. The van der Waals surface area contributed by atoms with Crippen molar-refractivity contribution >= 4 is 28.8 Å². The second-order valence-corrected chi connectivity index (χ2v) is 13.8. The lowest BCUT2D eigenvalue weighted by Crippen LogP contribution is -2.45. The highest BCUT2D eigenvalue weighted by atomic mass is 15.0. The van der Waals surface area contributed by atoms with Crippen LogP contribution in [0.3, 0.4) is 0 Å². The number of fused-ring (bicyclic) bond motifs is 2. The fraction of sp³-hybridized carbons (Fsp3) is 0.100. The molecule has 0 saturated carbocycles. The van der Waals surface area contributed by atoms with E-state index in [9.17, 15) is 0 Å². The smallest absolute Gasteiger partial charge is 0.160 e. The number of hydrogen-bond donors (Lipinski definition) is 1. The van der Waals surface area contributed by atoms with Gasteiger partial charge in [0.1, 0.15) is 0 Å². The van der Waals surface area contributed by atoms with Crippen LogP contribution in [0.15, 0.2) is 200 Å². The second kappa shape index (κ2) is 15.5. The molecule has 4 nitrogen and oxygen atoms in total. The molecule has 262 valence electrons. The average Bonchev–Trinajstić information content (AvgIpc) is 3.24. The van der Waals surface area contributed by atoms with E-state index in [4.69, 9.17) is 9.97 Å². The molecular weight excluding hydrogens is 657 g/mol. The largest absolute Gasteiger partial charge is 0.376 e. The highest BCUT2D eigenvalue weighted by Gasteiger charge is 2.32. The van der Waals surface area contributed by atoms with Crippen molar-refractivity contribution in [3.8, 4) is 33.8 Å². The molecular formula is C50H42N4. The molecule has 1 aromatic heterocycles. The van der Waals surface area contributed by atoms with Crippen LogP contribution in [-0.4, -0.2) is 28.8 Å². The minimum atomic E-state index is 0.0113. The molecule has 4 aromatic carbocycles. The van der Waals surface area contributed by atoms with Crippen LogP contribution >= 0.6 is 0 Å². The van der Waals surface area contributed by atoms with E-state index in [1.165, 1.54) is 21.9 Å². The zero-order valence-corrected chi connectivity index (χ0v) is 30.2. The Morgan fingerprint density at radius 3 is 2.17 bits per heavy atom. The third-order valence-electron chi connectivity index (χ3n) is 10.4. The van der Waals surface area contributed by atoms with Gasteiger partial charge in [0, 0.05) is 22.7 Å². The Bertz CT molecular complexity index is 2450. The molecule has 4 unspecified atom stereocenters. The van der Waals surface area contributed by atoms with Gasteiger partial charge >= 0.3 is 0 Å². The molecule has 0 fully saturated rings. The summed E-state index contributed by atoms with van der Waals surface area (Å²) in [6.07, 6.45) is 28.3. The Balaban J connectivity index is 1.04. The van der Waals surface area contributed by atoms with E-state index < -0.39 is 0 Å². The quantitative estimate of drug-likeness (QED) is 0.0897. The Labute approximate surface area is 318 Å². The van der Waals surface area contributed by atoms with Gasteiger partial charge in [-0.2, -0.15) is 0 Å². The first-order valence-electron chi connectivity index (χ1n) is 18.5. The average molecular weight is 699 g/mol. The number of benzene rings is 4. The Kier molecular flexibility index (Phi) is 9.90. The first-order valence-corrected chi connectivity index (χ1v) is 18.5. The van der Waals surface area contributed by atoms with Crippen LogP contribution in [0.25, 0.3) is 55.8 Å². The molecule has 4 atom stereocenters. The van der Waals surface area contributed by atoms with Gasteiger partial charge in [-0.3, -0.25) is 4.99 Å². The molecule has 0 spiro atoms. The second-order valence-electron chi connectivity index (χ2n) is 13.8. The van der Waals surface area contributed by atoms with Gasteiger partial charge in [0.25, 0.3) is 0 Å². The summed E-state index contributed by atoms with van der Waals surface area (Å²) in [5, 5.41) is 6.13. The topological polar surface area (TPSA) is 50.2 Å². The number of aliphatic imine (C=N–C) groups is 1. The first kappa shape index (κ1) is 34.4. The van der Waals surface area contributed by atoms with Crippen LogP contribution < -0.4 is 5.32 Å². The molecule has 0 amide bonds. The summed E-state index contributed by atoms with van der Waals surface area (Å²) in [5.41, 5.74) is 10.8. The molecule has 1 N–H and O–H groups in total. The molecule has 8 rings (SSSR count). The molecule has 2 aliphatic carbocycles. The SMILES string of the molecule is C=C/C=C\C=C\C1C=CC(c2cc(-c3ccc(-c4ccc5cc(C6=CC=C7C=CC(C=C)C(N=C)C7N6)ccc5c4)cc3)nc(-c3ccccc3)n2)=CC1. The van der Waals surface area contributed by atoms with Gasteiger partial charge in [-0.25, -0.2) is 9.97 Å². The van der Waals surface area contributed by atoms with E-state index in [1.807, 2.05) is 36.4 Å². The maximum atomic E-state index is 5.05. The predicted octanol–water partition coefficient (Wildman–Crippen LogP) is 11.6. The maximum absolute atomic E-state index is 5.05. The maximum Gasteiger partial charge on any atom is 0.160 e. The standard InChI is InChI=1S/C50H42N4/c1-4-6-7-9-12-34-15-17-37(18-16-34)46-33-47(54-50(53-46)40-13-10-8-11-14-40)38-22-20-36(21-23-38)41-25-26-43-32-44(28-27-42(43)31-41)45-30-29-39-24-19-35(5-2)48(51-3)49(39)52-45/h4-15,17-35,48-49,52H,1-3,16H2/b7-6-,12-9+. The number of nitrogens with zero attached hydrogens (tertiary/aromatic N) is 3. The normalized spacial score (nSPS) is 20.6. The van der Waals surface area contributed by atoms with Crippen LogP contribution in [0.2, 0.25) is 0 Å². The number of dihydropyridines is 1. The summed E-state index contributed by atoms with van der Waals surface area (Å²) in [4.78, 5) is 14.5. The van der Waals surface area contributed by atoms with Crippen LogP contribution in [0, 0.1) is 11.8 Å². The zero-order chi connectivity index (χ0) is 36.9. The monoisotopic (exact) mass is 698 g/mol. The number of aromatic nitrogens is 2. The summed E-state index contributed by atoms with van der Waals surface area (Å²) >= 11 is 0. The van der Waals surface area contributed by atoms with Crippen molar-refractivity contribution in [2.75, 3.05) is 0 Å². The highest BCUT2D eigenvalue weighted by Crippen LogP contribution is 2.34. The number of rotatable bonds is 10. The predicted molar refractivity (Wildman–Crippen MR) is 229 cm³/mol. The lowest BCUT2D eigenvalue weighted by molar-refractivity contribution is 0.472. The van der Waals surface area contributed by atoms with E-state index in [1.54, 1.807) is 6.08 Å². The fourth-order valence-electron chi connectivity index (χ4n) is 7.41. The Morgan fingerprint density at radius 2 is 1.43 bits per heavy atom. The molecule has 3 aliphatic rings. The third kappa shape index (κ3) is 7.19. The molecule has 4 heteroatoms. The molecule has 0 radical (unpaired) electrons. The van der Waals surface area contributed by atoms with Gasteiger partial charge < -0.3 is 5.32 Å². The van der Waals surface area contributed by atoms with Gasteiger partial charge in [0.15, 0.2) is 5.82 Å². The van der Waals surface area contributed by atoms with Crippen molar-refractivity contribution in [1.29, 1.82) is 0 Å². The van der Waals surface area contributed by atoms with Gasteiger partial charge in [-0.05, 0) is 81.9 Å². The van der Waals surface area contributed by atoms with Gasteiger partial charge in [-0.1, -0.05) is 158 Å². The third-order valence-corrected chi connectivity index (χ3v) is 10.4. The molecule has 5 aromatic rings. The summed E-state index contributed by atoms with van der Waals surface area (Å²) in [5.74, 6) is 1.23. The van der Waals surface area contributed by atoms with E-state index in [0.29, 0.717) is 5.92 Å². The van der Waals surface area contributed by atoms with Crippen LogP contribution in [0.4, 0.5) is 0 Å². The minimum absolute atomic E-state index is 0.0113. The molecule has 54 heavy (non-hydrogen) atoms. The van der Waals surface area contributed by atoms with Gasteiger partial charge in [-0.15, -0.1) is 6.58 Å². The molecule has 1 aliphatic heterocycles. The lowest BCUT2D eigenvalue weighted by atomic mass is 9.81. The van der Waals surface area contributed by atoms with Crippen LogP contribution in [0.1, 0.15) is 17.7 Å². The van der Waals surface area contributed by atoms with E-state index in [2.05, 4.69) is 164 Å². The van der Waals surface area contributed by atoms with Gasteiger partial charge in [0.05, 0.1) is 23.5 Å². The molecule has 0 bridgehead atoms. The summed E-state index contributed by atoms with van der Waals surface area (Å²) in [7, 11) is 0. The van der Waals surface area contributed by atoms with Crippen molar-refractivity contribution in [2.24, 2.45) is 16.8 Å². The van der Waals surface area contributed by atoms with Gasteiger partial charge in [0.2, 0.25) is 0 Å². The first-order chi connectivity index (χ1) is 26.6. The van der Waals surface area contributed by atoms with Crippen molar-refractivity contribution in [1.82, 2.24) is 15.3 Å². The van der Waals surface area contributed by atoms with E-state index >= 15 is 0 Å². The van der Waals surface area contributed by atoms with Crippen molar-refractivity contribution in [3.05, 3.63) is 206 Å². The molecule has 2 heterocycles. The minimum Gasteiger partial charge on any atom is -0.376 e. The van der Waals surface area contributed by atoms with Crippen molar-refractivity contribution in [3.63, 3.8) is 0 Å². The Morgan fingerprint density at radius 1 is 0.685 bits per heavy atom. The number of hydrogen-bond acceptors (Lipinski definition) is 4. The highest BCUT2D eigenvalue weighted by molar-refractivity contribution is 5.90. The summed E-state index contributed by atoms with van der Waals surface area (Å²) in [6, 6.07) is 34.4. The number of nitrogens with one attached hydrogen (secondary N) is 1. The van der Waals surface area contributed by atoms with Crippen molar-refractivity contribution in [2.45, 2.75) is 18.5 Å². The zero-order valence-electron chi connectivity index (χ0n) is 30.2. The summed E-state index contributed by atoms with van der Waals surface area (Å²) < 4.78 is 0. The lowest BCUT2D eigenvalue weighted by Gasteiger charge is -2.36. The van der Waals surface area contributed by atoms with Crippen molar-refractivity contribution < 1.29 is 0 Å². The van der Waals surface area contributed by atoms with Crippen LogP contribution in [0.5, 0.6) is 0 Å². The van der Waals surface area contributed by atoms with E-state index in [0.717, 1.165) is 57.2 Å². The fourth-order valence-corrected chi connectivity index (χ4v) is 7.41.